The fourth-order valence-electron chi connectivity index (χ4n) is 1.72. The first-order valence-electron chi connectivity index (χ1n) is 6.40. The first kappa shape index (κ1) is 13.4. The van der Waals surface area contributed by atoms with Crippen LogP contribution in [0.15, 0.2) is 30.3 Å². The SMILES string of the molecule is CCOC(=O)CN(C(=O)Oc1ccccc1)C1CC1. The molecule has 0 N–H and O–H groups in total. The van der Waals surface area contributed by atoms with Gasteiger partial charge in [0.1, 0.15) is 12.3 Å². The van der Waals surface area contributed by atoms with Crippen LogP contribution in [-0.2, 0) is 9.53 Å². The molecule has 19 heavy (non-hydrogen) atoms. The minimum Gasteiger partial charge on any atom is -0.465 e. The minimum absolute atomic E-state index is 0.0514. The molecule has 2 rings (SSSR count). The Kier molecular flexibility index (Phi) is 4.39. The van der Waals surface area contributed by atoms with Crippen molar-refractivity contribution in [3.05, 3.63) is 30.3 Å². The van der Waals surface area contributed by atoms with E-state index in [1.54, 1.807) is 31.2 Å². The van der Waals surface area contributed by atoms with Crippen molar-refractivity contribution in [2.75, 3.05) is 13.2 Å². The van der Waals surface area contributed by atoms with Crippen molar-refractivity contribution < 1.29 is 19.1 Å². The summed E-state index contributed by atoms with van der Waals surface area (Å²) in [5, 5.41) is 0. The topological polar surface area (TPSA) is 55.8 Å². The van der Waals surface area contributed by atoms with Gasteiger partial charge in [-0.05, 0) is 31.9 Å². The predicted octanol–water partition coefficient (Wildman–Crippen LogP) is 2.21. The summed E-state index contributed by atoms with van der Waals surface area (Å²) in [4.78, 5) is 24.9. The normalized spacial score (nSPS) is 13.7. The van der Waals surface area contributed by atoms with Crippen LogP contribution in [-0.4, -0.2) is 36.2 Å². The molecule has 0 bridgehead atoms. The van der Waals surface area contributed by atoms with Crippen molar-refractivity contribution in [2.45, 2.75) is 25.8 Å². The van der Waals surface area contributed by atoms with E-state index < -0.39 is 12.1 Å². The lowest BCUT2D eigenvalue weighted by molar-refractivity contribution is -0.144. The molecule has 5 nitrogen and oxygen atoms in total. The molecule has 1 amide bonds. The number of nitrogens with zero attached hydrogens (tertiary/aromatic N) is 1. The predicted molar refractivity (Wildman–Crippen MR) is 68.8 cm³/mol. The van der Waals surface area contributed by atoms with Crippen LogP contribution >= 0.6 is 0 Å². The fraction of sp³-hybridized carbons (Fsp3) is 0.429. The summed E-state index contributed by atoms with van der Waals surface area (Å²) in [6.07, 6.45) is 1.31. The molecule has 0 heterocycles. The zero-order chi connectivity index (χ0) is 13.7. The molecule has 0 saturated heterocycles. The fourth-order valence-corrected chi connectivity index (χ4v) is 1.72. The Morgan fingerprint density at radius 1 is 1.26 bits per heavy atom. The maximum Gasteiger partial charge on any atom is 0.416 e. The van der Waals surface area contributed by atoms with Crippen molar-refractivity contribution >= 4 is 12.1 Å². The van der Waals surface area contributed by atoms with Crippen LogP contribution in [0.2, 0.25) is 0 Å². The van der Waals surface area contributed by atoms with Crippen molar-refractivity contribution in [3.8, 4) is 5.75 Å². The standard InChI is InChI=1S/C14H17NO4/c1-2-18-13(16)10-15(11-8-9-11)14(17)19-12-6-4-3-5-7-12/h3-7,11H,2,8-10H2,1H3. The van der Waals surface area contributed by atoms with E-state index in [4.69, 9.17) is 9.47 Å². The Morgan fingerprint density at radius 3 is 2.53 bits per heavy atom. The molecule has 1 saturated carbocycles. The number of para-hydroxylation sites is 1. The summed E-state index contributed by atoms with van der Waals surface area (Å²) in [6, 6.07) is 8.92. The summed E-state index contributed by atoms with van der Waals surface area (Å²) in [5.74, 6) is 0.0708. The van der Waals surface area contributed by atoms with Crippen LogP contribution in [0, 0.1) is 0 Å². The number of ether oxygens (including phenoxy) is 2. The van der Waals surface area contributed by atoms with Gasteiger partial charge in [-0.25, -0.2) is 4.79 Å². The molecule has 1 aliphatic carbocycles. The summed E-state index contributed by atoms with van der Waals surface area (Å²) in [7, 11) is 0. The van der Waals surface area contributed by atoms with E-state index in [0.717, 1.165) is 12.8 Å². The molecule has 0 aliphatic heterocycles. The maximum absolute atomic E-state index is 12.0. The highest BCUT2D eigenvalue weighted by Gasteiger charge is 2.35. The number of carbonyl (C=O) groups excluding carboxylic acids is 2. The largest absolute Gasteiger partial charge is 0.465 e. The quantitative estimate of drug-likeness (QED) is 0.764. The molecule has 0 spiro atoms. The maximum atomic E-state index is 12.0. The van der Waals surface area contributed by atoms with Crippen LogP contribution in [0.1, 0.15) is 19.8 Å². The lowest BCUT2D eigenvalue weighted by Crippen LogP contribution is -2.40. The van der Waals surface area contributed by atoms with Gasteiger partial charge in [0.15, 0.2) is 0 Å². The number of esters is 1. The van der Waals surface area contributed by atoms with Crippen LogP contribution in [0.4, 0.5) is 4.79 Å². The number of rotatable bonds is 5. The number of hydrogen-bond donors (Lipinski definition) is 0. The summed E-state index contributed by atoms with van der Waals surface area (Å²) < 4.78 is 10.1. The second kappa shape index (κ2) is 6.22. The van der Waals surface area contributed by atoms with Crippen LogP contribution in [0.25, 0.3) is 0 Å². The lowest BCUT2D eigenvalue weighted by atomic mass is 10.3. The van der Waals surface area contributed by atoms with Gasteiger partial charge in [-0.1, -0.05) is 18.2 Å². The van der Waals surface area contributed by atoms with Gasteiger partial charge in [-0.15, -0.1) is 0 Å². The highest BCUT2D eigenvalue weighted by molar-refractivity contribution is 5.79. The molecular weight excluding hydrogens is 246 g/mol. The highest BCUT2D eigenvalue weighted by Crippen LogP contribution is 2.27. The molecule has 0 radical (unpaired) electrons. The second-order valence-corrected chi connectivity index (χ2v) is 4.35. The van der Waals surface area contributed by atoms with E-state index in [0.29, 0.717) is 12.4 Å². The van der Waals surface area contributed by atoms with Gasteiger partial charge < -0.3 is 9.47 Å². The zero-order valence-corrected chi connectivity index (χ0v) is 10.9. The third kappa shape index (κ3) is 3.98. The number of carbonyl (C=O) groups is 2. The molecule has 102 valence electrons. The van der Waals surface area contributed by atoms with Crippen molar-refractivity contribution in [1.29, 1.82) is 0 Å². The van der Waals surface area contributed by atoms with E-state index in [2.05, 4.69) is 0 Å². The van der Waals surface area contributed by atoms with Crippen molar-refractivity contribution in [1.82, 2.24) is 4.90 Å². The van der Waals surface area contributed by atoms with E-state index in [-0.39, 0.29) is 12.6 Å². The first-order valence-corrected chi connectivity index (χ1v) is 6.40. The van der Waals surface area contributed by atoms with Crippen molar-refractivity contribution in [3.63, 3.8) is 0 Å². The molecule has 1 aromatic rings. The Bertz CT molecular complexity index is 442. The average Bonchev–Trinajstić information content (AvgIpc) is 3.21. The highest BCUT2D eigenvalue weighted by atomic mass is 16.6. The summed E-state index contributed by atoms with van der Waals surface area (Å²) in [5.41, 5.74) is 0. The Labute approximate surface area is 112 Å². The zero-order valence-electron chi connectivity index (χ0n) is 10.9. The molecule has 5 heteroatoms. The molecule has 1 aromatic carbocycles. The monoisotopic (exact) mass is 263 g/mol. The molecule has 0 atom stereocenters. The molecule has 1 aliphatic rings. The first-order chi connectivity index (χ1) is 9.20. The number of amides is 1. The smallest absolute Gasteiger partial charge is 0.416 e. The Balaban J connectivity index is 1.95. The number of hydrogen-bond acceptors (Lipinski definition) is 4. The van der Waals surface area contributed by atoms with Crippen molar-refractivity contribution in [2.24, 2.45) is 0 Å². The summed E-state index contributed by atoms with van der Waals surface area (Å²) in [6.45, 7) is 2.00. The van der Waals surface area contributed by atoms with Gasteiger partial charge in [0, 0.05) is 6.04 Å². The van der Waals surface area contributed by atoms with Gasteiger partial charge in [0.05, 0.1) is 6.61 Å². The molecule has 0 aromatic heterocycles. The van der Waals surface area contributed by atoms with Gasteiger partial charge >= 0.3 is 12.1 Å². The van der Waals surface area contributed by atoms with Gasteiger partial charge in [-0.2, -0.15) is 0 Å². The van der Waals surface area contributed by atoms with E-state index in [1.165, 1.54) is 4.90 Å². The molecule has 1 fully saturated rings. The van der Waals surface area contributed by atoms with Crippen LogP contribution < -0.4 is 4.74 Å². The Hall–Kier alpha value is -2.04. The van der Waals surface area contributed by atoms with Crippen LogP contribution in [0.5, 0.6) is 5.75 Å². The van der Waals surface area contributed by atoms with E-state index in [9.17, 15) is 9.59 Å². The van der Waals surface area contributed by atoms with Gasteiger partial charge in [0.25, 0.3) is 0 Å². The average molecular weight is 263 g/mol. The Morgan fingerprint density at radius 2 is 1.95 bits per heavy atom. The summed E-state index contributed by atoms with van der Waals surface area (Å²) >= 11 is 0. The third-order valence-electron chi connectivity index (χ3n) is 2.78. The van der Waals surface area contributed by atoms with E-state index in [1.807, 2.05) is 6.07 Å². The minimum atomic E-state index is -0.498. The third-order valence-corrected chi connectivity index (χ3v) is 2.78. The van der Waals surface area contributed by atoms with Crippen LogP contribution in [0.3, 0.4) is 0 Å². The molecule has 0 unspecified atom stereocenters. The number of benzene rings is 1. The van der Waals surface area contributed by atoms with Gasteiger partial charge in [-0.3, -0.25) is 9.69 Å². The van der Waals surface area contributed by atoms with Gasteiger partial charge in [0.2, 0.25) is 0 Å². The lowest BCUT2D eigenvalue weighted by Gasteiger charge is -2.20. The second-order valence-electron chi connectivity index (χ2n) is 4.35. The van der Waals surface area contributed by atoms with E-state index >= 15 is 0 Å². The molecular formula is C14H17NO4.